The molecule has 0 fully saturated rings. The lowest BCUT2D eigenvalue weighted by Crippen LogP contribution is -2.11. The fourth-order valence-corrected chi connectivity index (χ4v) is 3.58. The van der Waals surface area contributed by atoms with Gasteiger partial charge >= 0.3 is 5.97 Å². The molecule has 1 atom stereocenters. The van der Waals surface area contributed by atoms with Gasteiger partial charge in [0.25, 0.3) is 0 Å². The minimum absolute atomic E-state index is 0.0110. The van der Waals surface area contributed by atoms with Gasteiger partial charge in [-0.1, -0.05) is 31.5 Å². The van der Waals surface area contributed by atoms with Crippen molar-refractivity contribution in [1.82, 2.24) is 4.57 Å². The van der Waals surface area contributed by atoms with Crippen LogP contribution in [-0.2, 0) is 17.8 Å². The van der Waals surface area contributed by atoms with Crippen LogP contribution in [0.2, 0.25) is 0 Å². The maximum Gasteiger partial charge on any atom is 0.312 e. The highest BCUT2D eigenvalue weighted by atomic mass is 16.4. The zero-order chi connectivity index (χ0) is 17.3. The molecule has 0 radical (unpaired) electrons. The molecular weight excluding hydrogens is 302 g/mol. The number of nitrogens with zero attached hydrogens (tertiary/aromatic N) is 1. The van der Waals surface area contributed by atoms with E-state index in [1.54, 1.807) is 0 Å². The smallest absolute Gasteiger partial charge is 0.312 e. The Hall–Kier alpha value is -2.36. The van der Waals surface area contributed by atoms with Crippen LogP contribution in [0.15, 0.2) is 30.3 Å². The number of ketones is 1. The maximum absolute atomic E-state index is 13.0. The van der Waals surface area contributed by atoms with E-state index in [1.165, 1.54) is 5.56 Å². The lowest BCUT2D eigenvalue weighted by molar-refractivity contribution is -0.138. The number of unbranched alkanes of at least 4 members (excludes halogenated alkanes) is 1. The van der Waals surface area contributed by atoms with Crippen LogP contribution in [0.25, 0.3) is 0 Å². The molecule has 1 aliphatic heterocycles. The summed E-state index contributed by atoms with van der Waals surface area (Å²) in [5, 5.41) is 9.34. The first-order valence-electron chi connectivity index (χ1n) is 8.59. The summed E-state index contributed by atoms with van der Waals surface area (Å²) in [4.78, 5) is 24.4. The van der Waals surface area contributed by atoms with Gasteiger partial charge < -0.3 is 9.67 Å². The van der Waals surface area contributed by atoms with E-state index in [1.807, 2.05) is 35.8 Å². The fourth-order valence-electron chi connectivity index (χ4n) is 3.58. The number of carbonyl (C=O) groups excluding carboxylic acids is 1. The highest BCUT2D eigenvalue weighted by Gasteiger charge is 2.33. The van der Waals surface area contributed by atoms with Crippen LogP contribution in [0.4, 0.5) is 0 Å². The number of carboxylic acids is 1. The van der Waals surface area contributed by atoms with E-state index in [4.69, 9.17) is 0 Å². The Morgan fingerprint density at radius 3 is 2.79 bits per heavy atom. The standard InChI is InChI=1S/C20H23NO3/c1-3-4-6-14-7-5-8-15(12-14)19(22)18-13(2)11-17-16(20(23)24)9-10-21(17)18/h5,7-8,11-12,16H,3-4,6,9-10H2,1-2H3,(H,23,24). The minimum Gasteiger partial charge on any atom is -0.481 e. The van der Waals surface area contributed by atoms with E-state index in [0.717, 1.165) is 30.5 Å². The van der Waals surface area contributed by atoms with Crippen LogP contribution in [0.1, 0.15) is 65.0 Å². The van der Waals surface area contributed by atoms with Gasteiger partial charge in [0.15, 0.2) is 0 Å². The Bertz CT molecular complexity index is 788. The molecule has 0 spiro atoms. The quantitative estimate of drug-likeness (QED) is 0.818. The normalized spacial score (nSPS) is 16.2. The molecule has 1 aromatic carbocycles. The van der Waals surface area contributed by atoms with Gasteiger partial charge in [-0.15, -0.1) is 0 Å². The van der Waals surface area contributed by atoms with Crippen molar-refractivity contribution in [3.63, 3.8) is 0 Å². The number of rotatable bonds is 6. The molecule has 2 aromatic rings. The third-order valence-corrected chi connectivity index (χ3v) is 4.84. The van der Waals surface area contributed by atoms with Crippen molar-refractivity contribution in [3.8, 4) is 0 Å². The van der Waals surface area contributed by atoms with Gasteiger partial charge in [-0.2, -0.15) is 0 Å². The molecule has 1 unspecified atom stereocenters. The Morgan fingerprint density at radius 1 is 1.29 bits per heavy atom. The average Bonchev–Trinajstić information content (AvgIpc) is 3.10. The zero-order valence-corrected chi connectivity index (χ0v) is 14.2. The van der Waals surface area contributed by atoms with Gasteiger partial charge in [-0.25, -0.2) is 0 Å². The monoisotopic (exact) mass is 325 g/mol. The molecule has 4 nitrogen and oxygen atoms in total. The minimum atomic E-state index is -0.813. The number of aryl methyl sites for hydroxylation is 2. The summed E-state index contributed by atoms with van der Waals surface area (Å²) in [5.41, 5.74) is 4.12. The summed E-state index contributed by atoms with van der Waals surface area (Å²) in [6, 6.07) is 9.67. The van der Waals surface area contributed by atoms with Gasteiger partial charge in [0.1, 0.15) is 0 Å². The van der Waals surface area contributed by atoms with E-state index < -0.39 is 11.9 Å². The van der Waals surface area contributed by atoms with Gasteiger partial charge in [-0.05, 0) is 49.4 Å². The number of aliphatic carboxylic acids is 1. The number of carboxylic acid groups (broad SMARTS) is 1. The number of carbonyl (C=O) groups is 2. The molecule has 0 aliphatic carbocycles. The third kappa shape index (κ3) is 2.88. The van der Waals surface area contributed by atoms with Crippen molar-refractivity contribution in [3.05, 3.63) is 58.4 Å². The first kappa shape index (κ1) is 16.5. The van der Waals surface area contributed by atoms with Crippen molar-refractivity contribution in [2.45, 2.75) is 52.0 Å². The molecule has 2 heterocycles. The topological polar surface area (TPSA) is 59.3 Å². The number of hydrogen-bond acceptors (Lipinski definition) is 2. The van der Waals surface area contributed by atoms with Crippen LogP contribution < -0.4 is 0 Å². The number of aromatic nitrogens is 1. The van der Waals surface area contributed by atoms with Crippen molar-refractivity contribution >= 4 is 11.8 Å². The number of hydrogen-bond donors (Lipinski definition) is 1. The van der Waals surface area contributed by atoms with E-state index >= 15 is 0 Å². The molecule has 1 aromatic heterocycles. The average molecular weight is 325 g/mol. The summed E-state index contributed by atoms with van der Waals surface area (Å²) in [6.07, 6.45) is 3.77. The molecule has 126 valence electrons. The van der Waals surface area contributed by atoms with E-state index in [-0.39, 0.29) is 5.78 Å². The van der Waals surface area contributed by atoms with Crippen LogP contribution in [-0.4, -0.2) is 21.4 Å². The first-order chi connectivity index (χ1) is 11.5. The van der Waals surface area contributed by atoms with E-state index in [9.17, 15) is 14.7 Å². The van der Waals surface area contributed by atoms with Crippen molar-refractivity contribution in [2.24, 2.45) is 0 Å². The van der Waals surface area contributed by atoms with Gasteiger partial charge in [0.2, 0.25) is 5.78 Å². The van der Waals surface area contributed by atoms with Crippen molar-refractivity contribution in [2.75, 3.05) is 0 Å². The molecular formula is C20H23NO3. The summed E-state index contributed by atoms with van der Waals surface area (Å²) >= 11 is 0. The summed E-state index contributed by atoms with van der Waals surface area (Å²) < 4.78 is 1.90. The van der Waals surface area contributed by atoms with Gasteiger partial charge in [0.05, 0.1) is 11.6 Å². The summed E-state index contributed by atoms with van der Waals surface area (Å²) in [7, 11) is 0. The van der Waals surface area contributed by atoms with Crippen LogP contribution in [0.3, 0.4) is 0 Å². The van der Waals surface area contributed by atoms with Crippen LogP contribution in [0.5, 0.6) is 0 Å². The summed E-state index contributed by atoms with van der Waals surface area (Å²) in [5.74, 6) is -1.32. The van der Waals surface area contributed by atoms with Crippen LogP contribution in [0, 0.1) is 6.92 Å². The molecule has 4 heteroatoms. The van der Waals surface area contributed by atoms with Gasteiger partial charge in [0, 0.05) is 17.8 Å². The SMILES string of the molecule is CCCCc1cccc(C(=O)c2c(C)cc3n2CCC3C(=O)O)c1. The van der Waals surface area contributed by atoms with Crippen molar-refractivity contribution in [1.29, 1.82) is 0 Å². The van der Waals surface area contributed by atoms with Crippen LogP contribution >= 0.6 is 0 Å². The molecule has 24 heavy (non-hydrogen) atoms. The molecule has 0 amide bonds. The Labute approximate surface area is 142 Å². The van der Waals surface area contributed by atoms with Gasteiger partial charge in [-0.3, -0.25) is 9.59 Å². The predicted octanol–water partition coefficient (Wildman–Crippen LogP) is 3.94. The number of fused-ring (bicyclic) bond motifs is 1. The molecule has 1 N–H and O–H groups in total. The molecule has 0 saturated heterocycles. The van der Waals surface area contributed by atoms with E-state index in [0.29, 0.717) is 24.2 Å². The second-order valence-corrected chi connectivity index (χ2v) is 6.57. The fraction of sp³-hybridized carbons (Fsp3) is 0.400. The first-order valence-corrected chi connectivity index (χ1v) is 8.59. The largest absolute Gasteiger partial charge is 0.481 e. The maximum atomic E-state index is 13.0. The highest BCUT2D eigenvalue weighted by Crippen LogP contribution is 2.33. The third-order valence-electron chi connectivity index (χ3n) is 4.84. The lowest BCUT2D eigenvalue weighted by Gasteiger charge is -2.08. The number of benzene rings is 1. The molecule has 0 bridgehead atoms. The Kier molecular flexibility index (Phi) is 4.56. The molecule has 0 saturated carbocycles. The van der Waals surface area contributed by atoms with Crippen molar-refractivity contribution < 1.29 is 14.7 Å². The lowest BCUT2D eigenvalue weighted by atomic mass is 10.00. The highest BCUT2D eigenvalue weighted by molar-refractivity contribution is 6.09. The Balaban J connectivity index is 1.94. The zero-order valence-electron chi connectivity index (χ0n) is 14.2. The van der Waals surface area contributed by atoms with E-state index in [2.05, 4.69) is 13.0 Å². The second kappa shape index (κ2) is 6.63. The Morgan fingerprint density at radius 2 is 2.08 bits per heavy atom. The second-order valence-electron chi connectivity index (χ2n) is 6.57. The molecule has 3 rings (SSSR count). The predicted molar refractivity (Wildman–Crippen MR) is 92.6 cm³/mol. The molecule has 1 aliphatic rings. The summed E-state index contributed by atoms with van der Waals surface area (Å²) in [6.45, 7) is 4.64.